The monoisotopic (exact) mass is 311 g/mol. The van der Waals surface area contributed by atoms with Crippen LogP contribution >= 0.6 is 11.6 Å². The van der Waals surface area contributed by atoms with Gasteiger partial charge in [0, 0.05) is 6.54 Å². The summed E-state index contributed by atoms with van der Waals surface area (Å²) in [5, 5.41) is 5.01. The maximum atomic E-state index is 12.7. The molecule has 5 nitrogen and oxygen atoms in total. The number of rotatable bonds is 2. The zero-order valence-corrected chi connectivity index (χ0v) is 13.4. The molecule has 1 saturated heterocycles. The first kappa shape index (κ1) is 14.9. The van der Waals surface area contributed by atoms with Gasteiger partial charge in [0.1, 0.15) is 6.54 Å². The molecule has 21 heavy (non-hydrogen) atoms. The van der Waals surface area contributed by atoms with Crippen LogP contribution < -0.4 is 0 Å². The van der Waals surface area contributed by atoms with Crippen LogP contribution in [0.4, 0.5) is 0 Å². The average Bonchev–Trinajstić information content (AvgIpc) is 2.74. The van der Waals surface area contributed by atoms with E-state index in [1.807, 2.05) is 18.7 Å². The quantitative estimate of drug-likeness (QED) is 0.842. The van der Waals surface area contributed by atoms with Gasteiger partial charge in [-0.25, -0.2) is 0 Å². The van der Waals surface area contributed by atoms with Crippen LogP contribution in [0.5, 0.6) is 0 Å². The van der Waals surface area contributed by atoms with Crippen LogP contribution in [0, 0.1) is 13.8 Å². The lowest BCUT2D eigenvalue weighted by molar-refractivity contribution is -0.150. The molecule has 3 rings (SSSR count). The molecule has 1 aliphatic heterocycles. The fraction of sp³-hybridized carbons (Fsp3) is 0.733. The Hall–Kier alpha value is -1.07. The van der Waals surface area contributed by atoms with Crippen LogP contribution in [0.1, 0.15) is 37.1 Å². The fourth-order valence-electron chi connectivity index (χ4n) is 3.45. The summed E-state index contributed by atoms with van der Waals surface area (Å²) in [4.78, 5) is 14.7. The summed E-state index contributed by atoms with van der Waals surface area (Å²) >= 11 is 6.15. The molecule has 0 N–H and O–H groups in total. The van der Waals surface area contributed by atoms with Gasteiger partial charge in [0.15, 0.2) is 0 Å². The second-order valence-electron chi connectivity index (χ2n) is 5.99. The van der Waals surface area contributed by atoms with E-state index in [-0.39, 0.29) is 24.6 Å². The highest BCUT2D eigenvalue weighted by Crippen LogP contribution is 2.29. The van der Waals surface area contributed by atoms with Crippen molar-refractivity contribution in [2.24, 2.45) is 0 Å². The van der Waals surface area contributed by atoms with Crippen molar-refractivity contribution in [1.29, 1.82) is 0 Å². The van der Waals surface area contributed by atoms with E-state index in [0.29, 0.717) is 18.2 Å². The molecule has 2 heterocycles. The number of carbonyl (C=O) groups excluding carboxylic acids is 1. The first-order chi connectivity index (χ1) is 10.1. The number of carbonyl (C=O) groups is 1. The van der Waals surface area contributed by atoms with Crippen molar-refractivity contribution < 1.29 is 9.53 Å². The van der Waals surface area contributed by atoms with E-state index < -0.39 is 0 Å². The Kier molecular flexibility index (Phi) is 4.22. The molecule has 116 valence electrons. The number of fused-ring (bicyclic) bond motifs is 1. The minimum atomic E-state index is 0.123. The minimum Gasteiger partial charge on any atom is -0.374 e. The van der Waals surface area contributed by atoms with Crippen LogP contribution in [0.15, 0.2) is 0 Å². The lowest BCUT2D eigenvalue weighted by Gasteiger charge is -2.43. The number of hydrogen-bond acceptors (Lipinski definition) is 3. The van der Waals surface area contributed by atoms with Gasteiger partial charge in [0.2, 0.25) is 5.91 Å². The molecule has 2 atom stereocenters. The van der Waals surface area contributed by atoms with Crippen molar-refractivity contribution in [3.63, 3.8) is 0 Å². The van der Waals surface area contributed by atoms with Gasteiger partial charge in [0.25, 0.3) is 0 Å². The number of morpholine rings is 1. The van der Waals surface area contributed by atoms with Crippen LogP contribution in [0.2, 0.25) is 5.02 Å². The topological polar surface area (TPSA) is 47.4 Å². The smallest absolute Gasteiger partial charge is 0.244 e. The van der Waals surface area contributed by atoms with Crippen molar-refractivity contribution in [1.82, 2.24) is 14.7 Å². The molecule has 1 aromatic rings. The van der Waals surface area contributed by atoms with Crippen LogP contribution in [-0.4, -0.2) is 45.9 Å². The third-order valence-corrected chi connectivity index (χ3v) is 5.18. The van der Waals surface area contributed by atoms with Gasteiger partial charge in [-0.05, 0) is 26.7 Å². The van der Waals surface area contributed by atoms with E-state index in [2.05, 4.69) is 5.10 Å². The van der Waals surface area contributed by atoms with Gasteiger partial charge in [0.05, 0.1) is 35.2 Å². The summed E-state index contributed by atoms with van der Waals surface area (Å²) < 4.78 is 7.54. The number of amides is 1. The van der Waals surface area contributed by atoms with Crippen molar-refractivity contribution in [2.45, 2.75) is 58.2 Å². The number of hydrogen-bond donors (Lipinski definition) is 0. The molecule has 0 aromatic carbocycles. The predicted molar refractivity (Wildman–Crippen MR) is 80.4 cm³/mol. The van der Waals surface area contributed by atoms with Gasteiger partial charge in [-0.3, -0.25) is 9.48 Å². The number of aromatic nitrogens is 2. The number of nitrogens with zero attached hydrogens (tertiary/aromatic N) is 3. The standard InChI is InChI=1S/C15H22ClN3O2/c1-10-15(16)11(2)19(17-10)9-14(20)18-7-8-21-13-6-4-3-5-12(13)18/h12-13H,3-9H2,1-2H3/t12-,13+/m1/s1. The summed E-state index contributed by atoms with van der Waals surface area (Å²) in [7, 11) is 0. The van der Waals surface area contributed by atoms with Crippen molar-refractivity contribution >= 4 is 17.5 Å². The van der Waals surface area contributed by atoms with Gasteiger partial charge in [-0.2, -0.15) is 5.10 Å². The summed E-state index contributed by atoms with van der Waals surface area (Å²) in [6.07, 6.45) is 4.73. The Morgan fingerprint density at radius 3 is 2.86 bits per heavy atom. The predicted octanol–water partition coefficient (Wildman–Crippen LogP) is 2.32. The van der Waals surface area contributed by atoms with Gasteiger partial charge in [-0.15, -0.1) is 0 Å². The first-order valence-electron chi connectivity index (χ1n) is 7.68. The van der Waals surface area contributed by atoms with Crippen molar-refractivity contribution in [2.75, 3.05) is 13.2 Å². The lowest BCUT2D eigenvalue weighted by atomic mass is 9.90. The molecule has 1 aliphatic carbocycles. The fourth-order valence-corrected chi connectivity index (χ4v) is 3.59. The Morgan fingerprint density at radius 1 is 1.38 bits per heavy atom. The largest absolute Gasteiger partial charge is 0.374 e. The zero-order chi connectivity index (χ0) is 15.0. The third-order valence-electron chi connectivity index (χ3n) is 4.63. The Balaban J connectivity index is 1.73. The second kappa shape index (κ2) is 5.97. The third kappa shape index (κ3) is 2.81. The maximum absolute atomic E-state index is 12.7. The Labute approximate surface area is 130 Å². The maximum Gasteiger partial charge on any atom is 0.244 e. The second-order valence-corrected chi connectivity index (χ2v) is 6.37. The minimum absolute atomic E-state index is 0.123. The molecule has 1 amide bonds. The average molecular weight is 312 g/mol. The zero-order valence-electron chi connectivity index (χ0n) is 12.6. The molecular weight excluding hydrogens is 290 g/mol. The molecule has 2 aliphatic rings. The molecule has 6 heteroatoms. The highest BCUT2D eigenvalue weighted by Gasteiger charge is 2.36. The number of ether oxygens (including phenoxy) is 1. The normalized spacial score (nSPS) is 25.8. The molecule has 0 bridgehead atoms. The Morgan fingerprint density at radius 2 is 2.14 bits per heavy atom. The van der Waals surface area contributed by atoms with Crippen LogP contribution in [0.3, 0.4) is 0 Å². The summed E-state index contributed by atoms with van der Waals surface area (Å²) in [5.41, 5.74) is 1.63. The highest BCUT2D eigenvalue weighted by molar-refractivity contribution is 6.31. The number of halogens is 1. The van der Waals surface area contributed by atoms with E-state index in [0.717, 1.165) is 24.2 Å². The highest BCUT2D eigenvalue weighted by atomic mass is 35.5. The summed E-state index contributed by atoms with van der Waals surface area (Å²) in [6.45, 7) is 5.36. The van der Waals surface area contributed by atoms with E-state index in [1.165, 1.54) is 12.8 Å². The molecule has 0 spiro atoms. The molecule has 0 radical (unpaired) electrons. The van der Waals surface area contributed by atoms with E-state index in [4.69, 9.17) is 16.3 Å². The van der Waals surface area contributed by atoms with E-state index >= 15 is 0 Å². The van der Waals surface area contributed by atoms with Crippen molar-refractivity contribution in [3.8, 4) is 0 Å². The SMILES string of the molecule is Cc1nn(CC(=O)N2CCO[C@H]3CCCC[C@H]32)c(C)c1Cl. The Bertz CT molecular complexity index is 541. The van der Waals surface area contributed by atoms with E-state index in [9.17, 15) is 4.79 Å². The number of aryl methyl sites for hydroxylation is 1. The van der Waals surface area contributed by atoms with Crippen LogP contribution in [-0.2, 0) is 16.1 Å². The van der Waals surface area contributed by atoms with E-state index in [1.54, 1.807) is 4.68 Å². The summed E-state index contributed by atoms with van der Waals surface area (Å²) in [5.74, 6) is 0.123. The molecule has 2 fully saturated rings. The van der Waals surface area contributed by atoms with Crippen LogP contribution in [0.25, 0.3) is 0 Å². The molecule has 0 unspecified atom stereocenters. The first-order valence-corrected chi connectivity index (χ1v) is 8.06. The molecule has 1 saturated carbocycles. The van der Waals surface area contributed by atoms with Gasteiger partial charge >= 0.3 is 0 Å². The molecule has 1 aromatic heterocycles. The summed E-state index contributed by atoms with van der Waals surface area (Å²) in [6, 6.07) is 0.243. The van der Waals surface area contributed by atoms with Gasteiger partial charge < -0.3 is 9.64 Å². The van der Waals surface area contributed by atoms with Gasteiger partial charge in [-0.1, -0.05) is 24.4 Å². The lowest BCUT2D eigenvalue weighted by Crippen LogP contribution is -2.55. The molecular formula is C15H22ClN3O2. The van der Waals surface area contributed by atoms with Crippen molar-refractivity contribution in [3.05, 3.63) is 16.4 Å².